The molecule has 140 valence electrons. The lowest BCUT2D eigenvalue weighted by molar-refractivity contribution is -0.154. The van der Waals surface area contributed by atoms with Gasteiger partial charge < -0.3 is 10.2 Å². The Morgan fingerprint density at radius 3 is 2.64 bits per heavy atom. The first-order valence-corrected chi connectivity index (χ1v) is 10.5. The van der Waals surface area contributed by atoms with E-state index in [2.05, 4.69) is 18.8 Å². The van der Waals surface area contributed by atoms with Crippen LogP contribution in [0.3, 0.4) is 0 Å². The number of aliphatic hydroxyl groups excluding tert-OH is 2. The first kappa shape index (κ1) is 18.9. The Kier molecular flexibility index (Phi) is 6.58. The summed E-state index contributed by atoms with van der Waals surface area (Å²) >= 11 is 0. The van der Waals surface area contributed by atoms with Gasteiger partial charge in [-0.25, -0.2) is 0 Å². The topological polar surface area (TPSA) is 57.5 Å². The molecule has 3 fully saturated rings. The smallest absolute Gasteiger partial charge is 0.139 e. The van der Waals surface area contributed by atoms with Crippen molar-refractivity contribution in [2.45, 2.75) is 89.8 Å². The van der Waals surface area contributed by atoms with E-state index in [1.165, 1.54) is 32.1 Å². The molecule has 0 amide bonds. The standard InChI is InChI=1S/C22H34O3/c1-2-3-9-18-21-17(20(24)13-12-19(21)22(18)25)11-10-16(23)14-15-7-5-4-6-8-15/h15-21,23-24H,2-9,12-14H2,1H3/t16-,17-,18?,19-,20+,21-/m1/s1. The first-order chi connectivity index (χ1) is 12.1. The highest BCUT2D eigenvalue weighted by Gasteiger charge is 2.55. The molecule has 1 unspecified atom stereocenters. The van der Waals surface area contributed by atoms with Crippen LogP contribution in [-0.4, -0.2) is 28.2 Å². The summed E-state index contributed by atoms with van der Waals surface area (Å²) in [5.41, 5.74) is 0. The molecule has 0 aromatic heterocycles. The van der Waals surface area contributed by atoms with Crippen LogP contribution < -0.4 is 0 Å². The van der Waals surface area contributed by atoms with Gasteiger partial charge in [-0.2, -0.15) is 0 Å². The predicted molar refractivity (Wildman–Crippen MR) is 98.7 cm³/mol. The second-order valence-electron chi connectivity index (χ2n) is 8.55. The molecule has 0 aromatic carbocycles. The lowest BCUT2D eigenvalue weighted by Crippen LogP contribution is -2.56. The highest BCUT2D eigenvalue weighted by Crippen LogP contribution is 2.51. The largest absolute Gasteiger partial charge is 0.392 e. The zero-order chi connectivity index (χ0) is 17.8. The molecule has 25 heavy (non-hydrogen) atoms. The molecule has 0 radical (unpaired) electrons. The third-order valence-corrected chi connectivity index (χ3v) is 6.83. The summed E-state index contributed by atoms with van der Waals surface area (Å²) in [5, 5.41) is 20.8. The van der Waals surface area contributed by atoms with Crippen molar-refractivity contribution in [2.24, 2.45) is 29.6 Å². The lowest BCUT2D eigenvalue weighted by Gasteiger charge is -2.50. The van der Waals surface area contributed by atoms with Crippen molar-refractivity contribution < 1.29 is 15.0 Å². The fourth-order valence-corrected chi connectivity index (χ4v) is 5.38. The molecule has 3 aliphatic rings. The molecule has 0 saturated heterocycles. The summed E-state index contributed by atoms with van der Waals surface area (Å²) in [4.78, 5) is 12.4. The number of Topliss-reactive ketones (excluding diaryl/α,β-unsaturated/α-hetero) is 1. The number of ketones is 1. The van der Waals surface area contributed by atoms with Gasteiger partial charge in [0.2, 0.25) is 0 Å². The maximum absolute atomic E-state index is 12.4. The van der Waals surface area contributed by atoms with E-state index in [1.807, 2.05) is 0 Å². The van der Waals surface area contributed by atoms with Crippen molar-refractivity contribution in [1.82, 2.24) is 0 Å². The summed E-state index contributed by atoms with van der Waals surface area (Å²) in [5.74, 6) is 7.56. The van der Waals surface area contributed by atoms with Gasteiger partial charge in [0.1, 0.15) is 11.9 Å². The summed E-state index contributed by atoms with van der Waals surface area (Å²) in [7, 11) is 0. The van der Waals surface area contributed by atoms with E-state index in [0.717, 1.165) is 32.1 Å². The van der Waals surface area contributed by atoms with Gasteiger partial charge in [0.15, 0.2) is 0 Å². The highest BCUT2D eigenvalue weighted by molar-refractivity contribution is 5.90. The van der Waals surface area contributed by atoms with Crippen molar-refractivity contribution >= 4 is 5.78 Å². The SMILES string of the molecule is CCCCC1C(=O)[C@@H]2CC[C@H](O)[C@@H](C#C[C@@H](O)CC3CCCCC3)[C@H]12. The molecule has 0 aromatic rings. The second-order valence-corrected chi connectivity index (χ2v) is 8.55. The van der Waals surface area contributed by atoms with Gasteiger partial charge in [0.25, 0.3) is 0 Å². The van der Waals surface area contributed by atoms with Crippen LogP contribution in [0.2, 0.25) is 0 Å². The van der Waals surface area contributed by atoms with Crippen molar-refractivity contribution in [3.63, 3.8) is 0 Å². The van der Waals surface area contributed by atoms with Crippen LogP contribution in [0, 0.1) is 41.4 Å². The van der Waals surface area contributed by atoms with Crippen LogP contribution in [0.4, 0.5) is 0 Å². The molecule has 3 heteroatoms. The van der Waals surface area contributed by atoms with E-state index >= 15 is 0 Å². The number of rotatable bonds is 5. The fourth-order valence-electron chi connectivity index (χ4n) is 5.38. The number of fused-ring (bicyclic) bond motifs is 1. The Morgan fingerprint density at radius 2 is 1.92 bits per heavy atom. The molecule has 0 spiro atoms. The van der Waals surface area contributed by atoms with Gasteiger partial charge in [-0.1, -0.05) is 63.7 Å². The molecular weight excluding hydrogens is 312 g/mol. The highest BCUT2D eigenvalue weighted by atomic mass is 16.3. The molecule has 3 rings (SSSR count). The number of unbranched alkanes of at least 4 members (excludes halogenated alkanes) is 1. The van der Waals surface area contributed by atoms with E-state index in [-0.39, 0.29) is 23.7 Å². The zero-order valence-electron chi connectivity index (χ0n) is 15.6. The molecule has 3 nitrogen and oxygen atoms in total. The van der Waals surface area contributed by atoms with E-state index in [1.54, 1.807) is 0 Å². The zero-order valence-corrected chi connectivity index (χ0v) is 15.6. The third-order valence-electron chi connectivity index (χ3n) is 6.83. The Bertz CT molecular complexity index is 511. The lowest BCUT2D eigenvalue weighted by atomic mass is 9.52. The number of hydrogen-bond donors (Lipinski definition) is 2. The average Bonchev–Trinajstić information content (AvgIpc) is 2.61. The van der Waals surface area contributed by atoms with Gasteiger partial charge in [-0.05, 0) is 37.5 Å². The predicted octanol–water partition coefficient (Wildman–Crippen LogP) is 3.71. The van der Waals surface area contributed by atoms with Gasteiger partial charge in [0.05, 0.1) is 12.0 Å². The minimum atomic E-state index is -0.583. The van der Waals surface area contributed by atoms with Crippen molar-refractivity contribution in [3.05, 3.63) is 0 Å². The minimum absolute atomic E-state index is 0.0923. The van der Waals surface area contributed by atoms with Gasteiger partial charge in [-0.15, -0.1) is 0 Å². The maximum Gasteiger partial charge on any atom is 0.139 e. The van der Waals surface area contributed by atoms with Gasteiger partial charge in [-0.3, -0.25) is 4.79 Å². The van der Waals surface area contributed by atoms with E-state index < -0.39 is 12.2 Å². The number of hydrogen-bond acceptors (Lipinski definition) is 3. The molecule has 6 atom stereocenters. The third kappa shape index (κ3) is 4.29. The molecule has 2 N–H and O–H groups in total. The normalized spacial score (nSPS) is 36.8. The number of carbonyl (C=O) groups excluding carboxylic acids is 1. The van der Waals surface area contributed by atoms with Crippen molar-refractivity contribution in [2.75, 3.05) is 0 Å². The number of carbonyl (C=O) groups is 1. The second kappa shape index (κ2) is 8.69. The summed E-state index contributed by atoms with van der Waals surface area (Å²) in [6.07, 6.45) is 10.6. The quantitative estimate of drug-likeness (QED) is 0.746. The summed E-state index contributed by atoms with van der Waals surface area (Å²) in [6, 6.07) is 0. The Hall–Kier alpha value is -0.850. The van der Waals surface area contributed by atoms with Gasteiger partial charge in [0, 0.05) is 11.8 Å². The maximum atomic E-state index is 12.4. The first-order valence-electron chi connectivity index (χ1n) is 10.5. The van der Waals surface area contributed by atoms with Crippen LogP contribution in [0.15, 0.2) is 0 Å². The minimum Gasteiger partial charge on any atom is -0.392 e. The summed E-state index contributed by atoms with van der Waals surface area (Å²) in [6.45, 7) is 2.15. The molecule has 3 saturated carbocycles. The Balaban J connectivity index is 1.61. The fraction of sp³-hybridized carbons (Fsp3) is 0.864. The van der Waals surface area contributed by atoms with E-state index in [0.29, 0.717) is 18.1 Å². The van der Waals surface area contributed by atoms with Crippen molar-refractivity contribution in [3.8, 4) is 11.8 Å². The summed E-state index contributed by atoms with van der Waals surface area (Å²) < 4.78 is 0. The number of aliphatic hydroxyl groups is 2. The Labute approximate surface area is 152 Å². The molecule has 0 heterocycles. The van der Waals surface area contributed by atoms with Crippen molar-refractivity contribution in [1.29, 1.82) is 0 Å². The molecule has 0 bridgehead atoms. The molecule has 3 aliphatic carbocycles. The van der Waals surface area contributed by atoms with Crippen LogP contribution >= 0.6 is 0 Å². The van der Waals surface area contributed by atoms with Crippen LogP contribution in [0.1, 0.15) is 77.6 Å². The van der Waals surface area contributed by atoms with Crippen LogP contribution in [0.5, 0.6) is 0 Å². The van der Waals surface area contributed by atoms with E-state index in [9.17, 15) is 15.0 Å². The van der Waals surface area contributed by atoms with Crippen LogP contribution in [0.25, 0.3) is 0 Å². The van der Waals surface area contributed by atoms with Gasteiger partial charge >= 0.3 is 0 Å². The monoisotopic (exact) mass is 346 g/mol. The average molecular weight is 347 g/mol. The molecular formula is C22H34O3. The molecule has 0 aliphatic heterocycles. The van der Waals surface area contributed by atoms with Crippen LogP contribution in [-0.2, 0) is 4.79 Å². The Morgan fingerprint density at radius 1 is 1.16 bits per heavy atom. The van der Waals surface area contributed by atoms with E-state index in [4.69, 9.17) is 0 Å².